The molecule has 6 saturated carbocycles. The molecule has 0 spiro atoms. The van der Waals surface area contributed by atoms with Crippen molar-refractivity contribution in [3.63, 3.8) is 0 Å². The van der Waals surface area contributed by atoms with Gasteiger partial charge >= 0.3 is 30.2 Å². The molecule has 0 bridgehead atoms. The van der Waals surface area contributed by atoms with Crippen LogP contribution in [0.3, 0.4) is 0 Å². The third-order valence-corrected chi connectivity index (χ3v) is 33.7. The van der Waals surface area contributed by atoms with Gasteiger partial charge < -0.3 is 83.0 Å². The first kappa shape index (κ1) is 94.5. The van der Waals surface area contributed by atoms with Crippen LogP contribution in [0.4, 0.5) is 80.1 Å². The number of urea groups is 5. The summed E-state index contributed by atoms with van der Waals surface area (Å²) in [4.78, 5) is 165. The fourth-order valence-corrected chi connectivity index (χ4v) is 25.8. The monoisotopic (exact) mass is 2010 g/mol. The van der Waals surface area contributed by atoms with Gasteiger partial charge in [-0.3, -0.25) is 26.6 Å². The third kappa shape index (κ3) is 19.8. The lowest BCUT2D eigenvalue weighted by Crippen LogP contribution is -2.36. The van der Waals surface area contributed by atoms with Gasteiger partial charge in [-0.2, -0.15) is 13.7 Å². The van der Waals surface area contributed by atoms with Crippen LogP contribution in [0.2, 0.25) is 0 Å². The Balaban J connectivity index is 0.000000103. The van der Waals surface area contributed by atoms with Crippen molar-refractivity contribution in [1.29, 1.82) is 0 Å². The Labute approximate surface area is 841 Å². The molecule has 11 aliphatic rings. The van der Waals surface area contributed by atoms with Crippen molar-refractivity contribution in [2.75, 3.05) is 152 Å². The van der Waals surface area contributed by atoms with Gasteiger partial charge in [-0.1, -0.05) is 6.92 Å². The first-order chi connectivity index (χ1) is 70.1. The molecule has 6 aliphatic carbocycles. The van der Waals surface area contributed by atoms with Crippen LogP contribution >= 0.6 is 34.4 Å². The minimum Gasteiger partial charge on any atom is -0.356 e. The number of aromatic amines is 5. The second-order valence-electron chi connectivity index (χ2n) is 40.2. The van der Waals surface area contributed by atoms with Crippen LogP contribution in [0.25, 0.3) is 55.2 Å². The van der Waals surface area contributed by atoms with E-state index < -0.39 is 0 Å². The first-order valence-corrected chi connectivity index (χ1v) is 52.2. The first-order valence-electron chi connectivity index (χ1n) is 49.8. The predicted molar refractivity (Wildman–Crippen MR) is 549 cm³/mol. The molecule has 10 amide bonds. The summed E-state index contributed by atoms with van der Waals surface area (Å²) in [5.41, 5.74) is 4.33. The second-order valence-corrected chi connectivity index (χ2v) is 43.0. The van der Waals surface area contributed by atoms with Crippen molar-refractivity contribution < 1.29 is 28.5 Å². The number of fused-ring (bicyclic) bond motifs is 10. The molecule has 5 saturated heterocycles. The number of aryl methyl sites for hydroxylation is 4. The van der Waals surface area contributed by atoms with Crippen molar-refractivity contribution in [3.05, 3.63) is 134 Å². The summed E-state index contributed by atoms with van der Waals surface area (Å²) < 4.78 is 15.4. The van der Waals surface area contributed by atoms with Gasteiger partial charge in [0.1, 0.15) is 106 Å². The minimum absolute atomic E-state index is 0.00668. The molecule has 5 aliphatic heterocycles. The summed E-state index contributed by atoms with van der Waals surface area (Å²) in [5.74, 6) is 13.6. The smallest absolute Gasteiger partial charge is 0.324 e. The maximum atomic E-state index is 12.7. The van der Waals surface area contributed by atoms with Crippen molar-refractivity contribution in [2.45, 2.75) is 154 Å². The van der Waals surface area contributed by atoms with E-state index >= 15 is 0 Å². The summed E-state index contributed by atoms with van der Waals surface area (Å²) in [5, 5.41) is 26.4. The maximum absolute atomic E-state index is 12.7. The zero-order valence-electron chi connectivity index (χ0n) is 81.7. The molecule has 144 heavy (non-hydrogen) atoms. The number of amides is 10. The fraction of sp³-hybridized carbons (Fsp3) is 0.510. The number of carbonyl (C=O) groups excluding carboxylic acids is 5. The van der Waals surface area contributed by atoms with E-state index in [0.717, 1.165) is 249 Å². The van der Waals surface area contributed by atoms with Gasteiger partial charge in [0.2, 0.25) is 16.2 Å². The van der Waals surface area contributed by atoms with E-state index in [1.807, 2.05) is 117 Å². The molecule has 15 atom stereocenters. The van der Waals surface area contributed by atoms with Gasteiger partial charge in [-0.05, 0) is 186 Å². The molecule has 11 fully saturated rings. The second kappa shape index (κ2) is 40.4. The van der Waals surface area contributed by atoms with E-state index in [2.05, 4.69) is 200 Å². The largest absolute Gasteiger partial charge is 0.356 e. The normalized spacial score (nSPS) is 24.1. The molecule has 752 valence electrons. The van der Waals surface area contributed by atoms with E-state index in [1.165, 1.54) is 47.2 Å². The SMILES string of the molecule is CCc1nsc(NC(=O)N2C[C@H]3CC(N(C)c4ncnc5[nH]ccc45)C[C@H]3C2)n1.CCn1cnc(NC(=O)N2C[C@H]3CC(N(C)c4ncnc5[nH]ccc45)C[C@H]3C2)c1.CN(c1ncnc2[nH]ccc12)C1C[C@@H]2CN(C(=O)Nc3nc(C4CC4)ns3)C[C@@H]2C1.Cc1nc(NC(=O)N2C[C@H]3CC(N(C)c4ncnc5[nH]ccc45)C[C@H]3C2)no1.Cc1ncc(NC(=O)N2C[C@H]3CC(N(C)c4ncnc5[nH]ccc45)C[C@H]3C2)s1. The van der Waals surface area contributed by atoms with Crippen molar-refractivity contribution in [3.8, 4) is 0 Å². The highest BCUT2D eigenvalue weighted by Crippen LogP contribution is 2.49. The van der Waals surface area contributed by atoms with Crippen LogP contribution in [0.1, 0.15) is 119 Å². The van der Waals surface area contributed by atoms with E-state index in [0.29, 0.717) is 117 Å². The molecule has 20 heterocycles. The molecular formula is C96H119N39O6S3. The van der Waals surface area contributed by atoms with Gasteiger partial charge in [-0.25, -0.2) is 93.7 Å². The van der Waals surface area contributed by atoms with Crippen LogP contribution < -0.4 is 51.1 Å². The van der Waals surface area contributed by atoms with Crippen LogP contribution in [0.5, 0.6) is 0 Å². The molecule has 15 aromatic rings. The number of anilines is 10. The van der Waals surface area contributed by atoms with E-state index in [1.54, 1.807) is 51.1 Å². The van der Waals surface area contributed by atoms with Crippen LogP contribution in [-0.2, 0) is 13.0 Å². The molecule has 10 N–H and O–H groups in total. The van der Waals surface area contributed by atoms with Crippen LogP contribution in [0.15, 0.2) is 116 Å². The quantitative estimate of drug-likeness (QED) is 0.0381. The van der Waals surface area contributed by atoms with E-state index in [9.17, 15) is 24.0 Å². The molecule has 26 rings (SSSR count). The van der Waals surface area contributed by atoms with E-state index in [4.69, 9.17) is 4.52 Å². The predicted octanol–water partition coefficient (Wildman–Crippen LogP) is 13.5. The summed E-state index contributed by atoms with van der Waals surface area (Å²) in [7, 11) is 10.6. The molecule has 45 nitrogen and oxygen atoms in total. The highest BCUT2D eigenvalue weighted by Gasteiger charge is 2.50. The third-order valence-electron chi connectivity index (χ3n) is 31.6. The number of aromatic nitrogens is 24. The lowest BCUT2D eigenvalue weighted by atomic mass is 10.0. The number of nitrogens with zero attached hydrogens (tertiary/aromatic N) is 29. The standard InChI is InChI=1S/C20H24N8OS.C20H26N8O.C19H24N8OS.C19H23N7OS.C18H22N8O2/c1-27(18-15-4-5-21-17(15)22-10-23-18)14-6-12-8-28(9-13(12)7-14)20(29)25-19-24-16(26-30-19)11-2-3-11;1-3-27-10-17(24-12-27)25-20(29)28-8-13-6-15(7-14(13)9-28)26(2)19-16-4-5-21-18(16)22-11-23-19;1-3-15-23-18(29-25-15)24-19(28)27-8-11-6-13(7-12(11)9-27)26(2)17-14-4-5-20-16(14)21-10-22-17;1-11-21-7-16(28-11)24-19(27)26-8-12-5-14(6-13(12)9-26)25(2)18-15-3-4-20-17(15)22-10-23-18;1-10-22-17(24-28-10)23-18(27)26-7-11-5-13(6-12(11)8-26)25(2)16-14-3-4-19-15(14)20-9-21-16/h4-5,10-14H,2-3,6-9H2,1H3,(H,21,22,23)(H,24,25,26,29);4-5,10-15H,3,6-9H2,1-2H3,(H,25,29)(H,21,22,23);4-5,10-13H,3,6-9H2,1-2H3,(H,20,21,22)(H,23,24,25,28);3-4,7,10,12-14H,5-6,8-9H2,1-2H3,(H,24,27)(H,20,22,23);3-4,9,11-13H,5-8H2,1-2H3,(H,19,20,21)(H,23,24,27)/t12-,13+,14?;13-,14+,15?;11-,12+,13?;12-,13+,14?;11-,12+,13?. The Morgan fingerprint density at radius 2 is 0.722 bits per heavy atom. The minimum atomic E-state index is -0.162. The number of hydrogen-bond donors (Lipinski definition) is 10. The summed E-state index contributed by atoms with van der Waals surface area (Å²) in [6.07, 6.45) is 36.7. The summed E-state index contributed by atoms with van der Waals surface area (Å²) in [6.45, 7) is 16.5. The van der Waals surface area contributed by atoms with Gasteiger partial charge in [0.15, 0.2) is 5.82 Å². The molecule has 0 aromatic carbocycles. The van der Waals surface area contributed by atoms with Gasteiger partial charge in [0, 0.05) is 217 Å². The number of likely N-dealkylation sites (tertiary alicyclic amines) is 5. The highest BCUT2D eigenvalue weighted by atomic mass is 32.1. The average molecular weight is 2010 g/mol. The number of hydrogen-bond acceptors (Lipinski definition) is 32. The van der Waals surface area contributed by atoms with Gasteiger partial charge in [0.25, 0.3) is 5.95 Å². The van der Waals surface area contributed by atoms with Crippen LogP contribution in [0, 0.1) is 73.0 Å². The molecule has 48 heteroatoms. The Kier molecular flexibility index (Phi) is 26.5. The van der Waals surface area contributed by atoms with Crippen molar-refractivity contribution in [1.82, 2.24) is 143 Å². The maximum Gasteiger partial charge on any atom is 0.324 e. The van der Waals surface area contributed by atoms with Gasteiger partial charge in [0.05, 0.1) is 44.5 Å². The zero-order chi connectivity index (χ0) is 98.7. The Hall–Kier alpha value is -14.5. The van der Waals surface area contributed by atoms with Crippen molar-refractivity contribution >= 4 is 176 Å². The molecular weight excluding hydrogens is 1890 g/mol. The average Bonchev–Trinajstić information content (AvgIpc) is 1.63. The molecule has 5 unspecified atom stereocenters. The number of H-pyrrole nitrogens is 5. The Morgan fingerprint density at radius 3 is 1.02 bits per heavy atom. The van der Waals surface area contributed by atoms with Gasteiger partial charge in [-0.15, -0.1) is 11.3 Å². The fourth-order valence-electron chi connectivity index (χ4n) is 23.8. The lowest BCUT2D eigenvalue weighted by Gasteiger charge is -2.28. The Bertz CT molecular complexity index is 6700. The number of imidazole rings is 1. The number of thiazole rings is 1. The van der Waals surface area contributed by atoms with Crippen LogP contribution in [-0.4, -0.2) is 304 Å². The summed E-state index contributed by atoms with van der Waals surface area (Å²) >= 11 is 4.04. The molecule has 0 radical (unpaired) electrons. The number of rotatable bonds is 18. The topological polar surface area (TPSA) is 507 Å². The number of carbonyl (C=O) groups is 5. The zero-order valence-corrected chi connectivity index (χ0v) is 84.2. The van der Waals surface area contributed by atoms with Crippen molar-refractivity contribution in [2.24, 2.45) is 59.2 Å². The van der Waals surface area contributed by atoms with E-state index in [-0.39, 0.29) is 36.1 Å². The highest BCUT2D eigenvalue weighted by molar-refractivity contribution is 7.15. The number of nitrogens with one attached hydrogen (secondary N) is 10. The summed E-state index contributed by atoms with van der Waals surface area (Å²) in [6, 6.07) is 12.0. The lowest BCUT2D eigenvalue weighted by molar-refractivity contribution is 0.217. The molecule has 15 aromatic heterocycles. The Morgan fingerprint density at radius 1 is 0.396 bits per heavy atom.